The van der Waals surface area contributed by atoms with Crippen LogP contribution in [-0.2, 0) is 4.79 Å². The fraction of sp³-hybridized carbons (Fsp3) is 0.235. The fourth-order valence-corrected chi connectivity index (χ4v) is 2.94. The lowest BCUT2D eigenvalue weighted by molar-refractivity contribution is -0.695. The van der Waals surface area contributed by atoms with Crippen LogP contribution in [0.1, 0.15) is 24.4 Å². The summed E-state index contributed by atoms with van der Waals surface area (Å²) in [4.78, 5) is 12.7. The van der Waals surface area contributed by atoms with Gasteiger partial charge in [-0.05, 0) is 18.2 Å². The van der Waals surface area contributed by atoms with Gasteiger partial charge in [0.15, 0.2) is 6.04 Å². The molecule has 5 heteroatoms. The highest BCUT2D eigenvalue weighted by Gasteiger charge is 2.33. The van der Waals surface area contributed by atoms with E-state index >= 15 is 0 Å². The van der Waals surface area contributed by atoms with E-state index in [2.05, 4.69) is 10.6 Å². The highest BCUT2D eigenvalue weighted by Crippen LogP contribution is 2.24. The molecular formula is C17H17Cl2N2O+. The van der Waals surface area contributed by atoms with Crippen LogP contribution < -0.4 is 10.6 Å². The van der Waals surface area contributed by atoms with Gasteiger partial charge in [0.05, 0.1) is 6.04 Å². The molecule has 0 spiro atoms. The summed E-state index contributed by atoms with van der Waals surface area (Å²) in [6, 6.07) is 15.1. The van der Waals surface area contributed by atoms with Crippen LogP contribution in [0.25, 0.3) is 0 Å². The van der Waals surface area contributed by atoms with E-state index in [0.717, 1.165) is 5.56 Å². The van der Waals surface area contributed by atoms with Crippen LogP contribution in [0, 0.1) is 0 Å². The molecule has 0 saturated heterocycles. The second-order valence-corrected chi connectivity index (χ2v) is 6.44. The summed E-state index contributed by atoms with van der Waals surface area (Å²) in [5.41, 5.74) is 1.62. The van der Waals surface area contributed by atoms with Crippen molar-refractivity contribution >= 4 is 34.8 Å². The van der Waals surface area contributed by atoms with Crippen molar-refractivity contribution in [1.82, 2.24) is 0 Å². The average Bonchev–Trinajstić information content (AvgIpc) is 3.28. The number of hydrogen-bond acceptors (Lipinski definition) is 1. The maximum Gasteiger partial charge on any atom is 0.287 e. The summed E-state index contributed by atoms with van der Waals surface area (Å²) in [6.45, 7) is 0. The number of amides is 1. The second-order valence-electron chi connectivity index (χ2n) is 5.57. The first-order valence-electron chi connectivity index (χ1n) is 7.29. The van der Waals surface area contributed by atoms with Crippen LogP contribution in [0.4, 0.5) is 5.69 Å². The van der Waals surface area contributed by atoms with Gasteiger partial charge in [-0.15, -0.1) is 0 Å². The molecule has 2 aromatic rings. The molecule has 0 aliphatic heterocycles. The van der Waals surface area contributed by atoms with Crippen molar-refractivity contribution in [2.45, 2.75) is 24.9 Å². The van der Waals surface area contributed by atoms with Gasteiger partial charge in [-0.2, -0.15) is 0 Å². The smallest absolute Gasteiger partial charge is 0.287 e. The van der Waals surface area contributed by atoms with Gasteiger partial charge >= 0.3 is 0 Å². The van der Waals surface area contributed by atoms with Gasteiger partial charge in [0.1, 0.15) is 0 Å². The molecule has 0 radical (unpaired) electrons. The molecule has 1 fully saturated rings. The van der Waals surface area contributed by atoms with E-state index in [4.69, 9.17) is 23.2 Å². The zero-order valence-corrected chi connectivity index (χ0v) is 13.4. The topological polar surface area (TPSA) is 45.7 Å². The van der Waals surface area contributed by atoms with Crippen molar-refractivity contribution < 1.29 is 10.1 Å². The quantitative estimate of drug-likeness (QED) is 0.864. The third-order valence-corrected chi connectivity index (χ3v) is 4.09. The second kappa shape index (κ2) is 6.69. The average molecular weight is 336 g/mol. The van der Waals surface area contributed by atoms with E-state index < -0.39 is 0 Å². The largest absolute Gasteiger partial charge is 0.330 e. The molecule has 0 aromatic heterocycles. The number of quaternary nitrogens is 1. The van der Waals surface area contributed by atoms with Crippen molar-refractivity contribution in [3.63, 3.8) is 0 Å². The Bertz CT molecular complexity index is 651. The maximum atomic E-state index is 12.7. The molecule has 114 valence electrons. The Morgan fingerprint density at radius 2 is 1.73 bits per heavy atom. The number of nitrogens with two attached hydrogens (primary N) is 1. The first-order chi connectivity index (χ1) is 10.6. The van der Waals surface area contributed by atoms with Gasteiger partial charge in [0, 0.05) is 34.1 Å². The molecule has 1 aliphatic carbocycles. The van der Waals surface area contributed by atoms with Gasteiger partial charge in [-0.3, -0.25) is 4.79 Å². The van der Waals surface area contributed by atoms with Crippen molar-refractivity contribution in [3.05, 3.63) is 64.1 Å². The lowest BCUT2D eigenvalue weighted by Crippen LogP contribution is -2.88. The van der Waals surface area contributed by atoms with E-state index in [1.807, 2.05) is 30.3 Å². The third-order valence-electron chi connectivity index (χ3n) is 3.66. The number of hydrogen-bond donors (Lipinski definition) is 2. The number of halogens is 2. The number of benzene rings is 2. The molecule has 1 saturated carbocycles. The predicted molar refractivity (Wildman–Crippen MR) is 89.2 cm³/mol. The molecule has 0 unspecified atom stereocenters. The molecule has 1 amide bonds. The van der Waals surface area contributed by atoms with Crippen LogP contribution >= 0.6 is 23.2 Å². The first-order valence-corrected chi connectivity index (χ1v) is 8.04. The molecule has 22 heavy (non-hydrogen) atoms. The van der Waals surface area contributed by atoms with Crippen LogP contribution in [0.15, 0.2) is 48.5 Å². The molecule has 1 atom stereocenters. The predicted octanol–water partition coefficient (Wildman–Crippen LogP) is 3.40. The van der Waals surface area contributed by atoms with Gasteiger partial charge < -0.3 is 10.6 Å². The highest BCUT2D eigenvalue weighted by atomic mass is 35.5. The van der Waals surface area contributed by atoms with Crippen molar-refractivity contribution in [1.29, 1.82) is 0 Å². The Morgan fingerprint density at radius 1 is 1.09 bits per heavy atom. The summed E-state index contributed by atoms with van der Waals surface area (Å²) in [6.07, 6.45) is 2.33. The van der Waals surface area contributed by atoms with E-state index in [0.29, 0.717) is 21.8 Å². The standard InChI is InChI=1S/C17H16Cl2N2O/c18-12-8-13(19)10-15(9-12)21-17(22)16(20-14-6-7-14)11-4-2-1-3-5-11/h1-5,8-10,14,16,20H,6-7H2,(H,21,22)/p+1/t16-/m1/s1. The Hall–Kier alpha value is -1.55. The SMILES string of the molecule is O=C(Nc1cc(Cl)cc(Cl)c1)[C@H]([NH2+]C1CC1)c1ccccc1. The number of nitrogens with one attached hydrogen (secondary N) is 1. The summed E-state index contributed by atoms with van der Waals surface area (Å²) in [5, 5.41) is 6.06. The number of carbonyl (C=O) groups is 1. The van der Waals surface area contributed by atoms with E-state index in [-0.39, 0.29) is 11.9 Å². The van der Waals surface area contributed by atoms with Gasteiger partial charge in [0.2, 0.25) is 0 Å². The monoisotopic (exact) mass is 335 g/mol. The lowest BCUT2D eigenvalue weighted by atomic mass is 10.1. The molecule has 3 rings (SSSR count). The van der Waals surface area contributed by atoms with Gasteiger partial charge in [0.25, 0.3) is 5.91 Å². The van der Waals surface area contributed by atoms with Crippen LogP contribution in [0.3, 0.4) is 0 Å². The van der Waals surface area contributed by atoms with Crippen LogP contribution in [0.2, 0.25) is 10.0 Å². The van der Waals surface area contributed by atoms with E-state index in [1.54, 1.807) is 18.2 Å². The van der Waals surface area contributed by atoms with Gasteiger partial charge in [-0.1, -0.05) is 53.5 Å². The Morgan fingerprint density at radius 3 is 2.32 bits per heavy atom. The summed E-state index contributed by atoms with van der Waals surface area (Å²) in [5.74, 6) is -0.0589. The highest BCUT2D eigenvalue weighted by molar-refractivity contribution is 6.35. The fourth-order valence-electron chi connectivity index (χ4n) is 2.42. The molecule has 3 N–H and O–H groups in total. The number of rotatable bonds is 5. The minimum Gasteiger partial charge on any atom is -0.330 e. The molecule has 1 aliphatic rings. The lowest BCUT2D eigenvalue weighted by Gasteiger charge is -2.16. The van der Waals surface area contributed by atoms with Gasteiger partial charge in [-0.25, -0.2) is 0 Å². The summed E-state index contributed by atoms with van der Waals surface area (Å²) < 4.78 is 0. The minimum absolute atomic E-state index is 0.0589. The molecule has 3 nitrogen and oxygen atoms in total. The van der Waals surface area contributed by atoms with Crippen molar-refractivity contribution in [2.24, 2.45) is 0 Å². The van der Waals surface area contributed by atoms with Crippen molar-refractivity contribution in [2.75, 3.05) is 5.32 Å². The first kappa shape index (κ1) is 15.3. The maximum absolute atomic E-state index is 12.7. The van der Waals surface area contributed by atoms with Crippen LogP contribution in [0.5, 0.6) is 0 Å². The molecule has 2 aromatic carbocycles. The van der Waals surface area contributed by atoms with Crippen molar-refractivity contribution in [3.8, 4) is 0 Å². The summed E-state index contributed by atoms with van der Waals surface area (Å²) >= 11 is 12.0. The number of carbonyl (C=O) groups excluding carboxylic acids is 1. The number of anilines is 1. The Balaban J connectivity index is 1.79. The normalized spacial score (nSPS) is 15.4. The zero-order chi connectivity index (χ0) is 15.5. The van der Waals surface area contributed by atoms with E-state index in [9.17, 15) is 4.79 Å². The minimum atomic E-state index is -0.258. The third kappa shape index (κ3) is 4.01. The zero-order valence-electron chi connectivity index (χ0n) is 11.9. The van der Waals surface area contributed by atoms with Crippen LogP contribution in [-0.4, -0.2) is 11.9 Å². The van der Waals surface area contributed by atoms with E-state index in [1.165, 1.54) is 12.8 Å². The summed E-state index contributed by atoms with van der Waals surface area (Å²) in [7, 11) is 0. The molecule has 0 bridgehead atoms. The Labute approximate surface area is 139 Å². The Kier molecular flexibility index (Phi) is 4.67. The molecular weight excluding hydrogens is 319 g/mol. The molecule has 0 heterocycles.